The van der Waals surface area contributed by atoms with Gasteiger partial charge in [0.05, 0.1) is 0 Å². The number of hydrogen-bond acceptors (Lipinski definition) is 5. The van der Waals surface area contributed by atoms with Gasteiger partial charge in [0.15, 0.2) is 6.10 Å². The van der Waals surface area contributed by atoms with E-state index in [1.54, 1.807) is 37.3 Å². The molecule has 4 rings (SSSR count). The van der Waals surface area contributed by atoms with E-state index < -0.39 is 6.10 Å². The lowest BCUT2D eigenvalue weighted by atomic mass is 10.2. The minimum absolute atomic E-state index is 0.236. The summed E-state index contributed by atoms with van der Waals surface area (Å²) in [5.74, 6) is 2.14. The number of ether oxygens (including phenoxy) is 2. The van der Waals surface area contributed by atoms with Crippen molar-refractivity contribution in [3.8, 4) is 23.2 Å². The number of nitrogens with zero attached hydrogens (tertiary/aromatic N) is 3. The van der Waals surface area contributed by atoms with Crippen LogP contribution in [0.1, 0.15) is 6.92 Å². The van der Waals surface area contributed by atoms with E-state index in [-0.39, 0.29) is 5.91 Å². The zero-order valence-electron chi connectivity index (χ0n) is 16.3. The highest BCUT2D eigenvalue weighted by atomic mass is 16.5. The quantitative estimate of drug-likeness (QED) is 0.495. The van der Waals surface area contributed by atoms with Crippen molar-refractivity contribution in [1.29, 1.82) is 0 Å². The highest BCUT2D eigenvalue weighted by Gasteiger charge is 2.15. The Bertz CT molecular complexity index is 1100. The summed E-state index contributed by atoms with van der Waals surface area (Å²) in [6.45, 7) is 1.71. The van der Waals surface area contributed by atoms with Gasteiger partial charge in [-0.25, -0.2) is 9.97 Å². The van der Waals surface area contributed by atoms with Crippen LogP contribution in [0.2, 0.25) is 0 Å². The number of anilines is 1. The van der Waals surface area contributed by atoms with E-state index in [0.29, 0.717) is 28.9 Å². The summed E-state index contributed by atoms with van der Waals surface area (Å²) in [5, 5.41) is 2.83. The fourth-order valence-electron chi connectivity index (χ4n) is 2.74. The molecule has 2 aromatic carbocycles. The van der Waals surface area contributed by atoms with Crippen LogP contribution < -0.4 is 14.8 Å². The normalized spacial score (nSPS) is 11.5. The van der Waals surface area contributed by atoms with E-state index in [2.05, 4.69) is 15.3 Å². The van der Waals surface area contributed by atoms with Gasteiger partial charge < -0.3 is 19.4 Å². The van der Waals surface area contributed by atoms with Crippen molar-refractivity contribution >= 4 is 11.6 Å². The maximum Gasteiger partial charge on any atom is 0.265 e. The lowest BCUT2D eigenvalue weighted by Gasteiger charge is -2.15. The molecule has 0 fully saturated rings. The van der Waals surface area contributed by atoms with E-state index in [4.69, 9.17) is 9.47 Å². The first kappa shape index (κ1) is 19.2. The van der Waals surface area contributed by atoms with Crippen LogP contribution in [0.4, 0.5) is 5.69 Å². The van der Waals surface area contributed by atoms with Crippen molar-refractivity contribution in [1.82, 2.24) is 14.5 Å². The second-order valence-corrected chi connectivity index (χ2v) is 6.49. The molecule has 150 valence electrons. The van der Waals surface area contributed by atoms with Crippen LogP contribution in [0.3, 0.4) is 0 Å². The molecule has 0 bridgehead atoms. The number of aromatic nitrogens is 3. The molecule has 0 aliphatic carbocycles. The van der Waals surface area contributed by atoms with Gasteiger partial charge in [0, 0.05) is 24.1 Å². The maximum atomic E-state index is 12.4. The minimum Gasteiger partial charge on any atom is -0.481 e. The Labute approximate surface area is 173 Å². The van der Waals surface area contributed by atoms with Crippen LogP contribution in [0.5, 0.6) is 17.4 Å². The Morgan fingerprint density at radius 1 is 0.933 bits per heavy atom. The monoisotopic (exact) mass is 400 g/mol. The second kappa shape index (κ2) is 8.91. The molecule has 7 heteroatoms. The van der Waals surface area contributed by atoms with Crippen LogP contribution in [0.25, 0.3) is 5.82 Å². The summed E-state index contributed by atoms with van der Waals surface area (Å²) >= 11 is 0. The molecule has 0 saturated carbocycles. The summed E-state index contributed by atoms with van der Waals surface area (Å²) in [5.41, 5.74) is 0.645. The van der Waals surface area contributed by atoms with Gasteiger partial charge in [-0.2, -0.15) is 0 Å². The van der Waals surface area contributed by atoms with Crippen LogP contribution >= 0.6 is 0 Å². The molecule has 7 nitrogen and oxygen atoms in total. The Morgan fingerprint density at radius 2 is 1.67 bits per heavy atom. The average molecular weight is 400 g/mol. The minimum atomic E-state index is -0.628. The molecule has 30 heavy (non-hydrogen) atoms. The molecule has 2 aromatic heterocycles. The topological polar surface area (TPSA) is 78.3 Å². The van der Waals surface area contributed by atoms with Gasteiger partial charge in [0.25, 0.3) is 5.91 Å². The van der Waals surface area contributed by atoms with Crippen molar-refractivity contribution in [2.75, 3.05) is 5.32 Å². The number of rotatable bonds is 7. The second-order valence-electron chi connectivity index (χ2n) is 6.49. The molecule has 0 spiro atoms. The third-order valence-corrected chi connectivity index (χ3v) is 4.27. The predicted octanol–water partition coefficient (Wildman–Crippen LogP) is 4.47. The molecule has 0 aliphatic rings. The molecule has 1 amide bonds. The Hall–Kier alpha value is -4.13. The van der Waals surface area contributed by atoms with E-state index in [9.17, 15) is 4.79 Å². The molecule has 1 unspecified atom stereocenters. The van der Waals surface area contributed by atoms with Crippen molar-refractivity contribution in [3.05, 3.63) is 91.5 Å². The fourth-order valence-corrected chi connectivity index (χ4v) is 2.74. The number of benzene rings is 2. The number of para-hydroxylation sites is 1. The Balaban J connectivity index is 1.36. The van der Waals surface area contributed by atoms with Crippen molar-refractivity contribution in [2.24, 2.45) is 0 Å². The highest BCUT2D eigenvalue weighted by molar-refractivity contribution is 5.94. The van der Waals surface area contributed by atoms with Gasteiger partial charge in [-0.15, -0.1) is 0 Å². The first-order chi connectivity index (χ1) is 14.7. The summed E-state index contributed by atoms with van der Waals surface area (Å²) in [6.07, 6.45) is 4.61. The van der Waals surface area contributed by atoms with Gasteiger partial charge in [0.1, 0.15) is 23.6 Å². The van der Waals surface area contributed by atoms with Gasteiger partial charge >= 0.3 is 0 Å². The number of amides is 1. The van der Waals surface area contributed by atoms with Crippen LogP contribution in [-0.2, 0) is 4.79 Å². The van der Waals surface area contributed by atoms with Crippen molar-refractivity contribution < 1.29 is 14.3 Å². The average Bonchev–Trinajstić information content (AvgIpc) is 3.31. The summed E-state index contributed by atoms with van der Waals surface area (Å²) < 4.78 is 13.3. The molecular formula is C23H20N4O3. The third kappa shape index (κ3) is 4.82. The number of carbonyl (C=O) groups excluding carboxylic acids is 1. The lowest BCUT2D eigenvalue weighted by molar-refractivity contribution is -0.122. The van der Waals surface area contributed by atoms with Gasteiger partial charge in [-0.05, 0) is 55.5 Å². The first-order valence-corrected chi connectivity index (χ1v) is 9.43. The number of carbonyl (C=O) groups is 1. The Kier molecular flexibility index (Phi) is 5.70. The van der Waals surface area contributed by atoms with E-state index >= 15 is 0 Å². The first-order valence-electron chi connectivity index (χ1n) is 9.43. The van der Waals surface area contributed by atoms with Gasteiger partial charge in [-0.3, -0.25) is 4.79 Å². The third-order valence-electron chi connectivity index (χ3n) is 4.27. The molecule has 0 aliphatic heterocycles. The number of hydrogen-bond donors (Lipinski definition) is 1. The van der Waals surface area contributed by atoms with Crippen molar-refractivity contribution in [3.63, 3.8) is 0 Å². The SMILES string of the molecule is CC(Oc1ccccc1)C(=O)Nc1ccc(Oc2cc(-n3cccc3)ncn2)cc1. The summed E-state index contributed by atoms with van der Waals surface area (Å²) in [6, 6.07) is 21.9. The molecular weight excluding hydrogens is 380 g/mol. The molecule has 0 saturated heterocycles. The smallest absolute Gasteiger partial charge is 0.265 e. The van der Waals surface area contributed by atoms with E-state index in [1.807, 2.05) is 59.4 Å². The van der Waals surface area contributed by atoms with E-state index in [0.717, 1.165) is 0 Å². The van der Waals surface area contributed by atoms with Crippen LogP contribution in [-0.4, -0.2) is 26.5 Å². The molecule has 2 heterocycles. The Morgan fingerprint density at radius 3 is 2.40 bits per heavy atom. The van der Waals surface area contributed by atoms with Crippen molar-refractivity contribution in [2.45, 2.75) is 13.0 Å². The molecule has 4 aromatic rings. The number of nitrogens with one attached hydrogen (secondary N) is 1. The zero-order valence-corrected chi connectivity index (χ0v) is 16.3. The van der Waals surface area contributed by atoms with E-state index in [1.165, 1.54) is 6.33 Å². The predicted molar refractivity (Wildman–Crippen MR) is 113 cm³/mol. The highest BCUT2D eigenvalue weighted by Crippen LogP contribution is 2.22. The van der Waals surface area contributed by atoms with Gasteiger partial charge in [-0.1, -0.05) is 18.2 Å². The van der Waals surface area contributed by atoms with Gasteiger partial charge in [0.2, 0.25) is 5.88 Å². The van der Waals surface area contributed by atoms with Crippen LogP contribution in [0.15, 0.2) is 91.5 Å². The fraction of sp³-hybridized carbons (Fsp3) is 0.0870. The molecule has 0 radical (unpaired) electrons. The molecule has 1 N–H and O–H groups in total. The standard InChI is InChI=1S/C23H20N4O3/c1-17(29-19-7-3-2-4-8-19)23(28)26-18-9-11-20(12-10-18)30-22-15-21(24-16-25-22)27-13-5-6-14-27/h2-17H,1H3,(H,26,28). The summed E-state index contributed by atoms with van der Waals surface area (Å²) in [4.78, 5) is 20.7. The summed E-state index contributed by atoms with van der Waals surface area (Å²) in [7, 11) is 0. The zero-order chi connectivity index (χ0) is 20.8. The lowest BCUT2D eigenvalue weighted by Crippen LogP contribution is -2.30. The largest absolute Gasteiger partial charge is 0.481 e. The maximum absolute atomic E-state index is 12.4. The van der Waals surface area contributed by atoms with Crippen LogP contribution in [0, 0.1) is 0 Å². The molecule has 1 atom stereocenters.